The molecular weight excluding hydrogens is 155 g/mol. The molecule has 0 aromatic rings. The predicted octanol–water partition coefficient (Wildman–Crippen LogP) is 3.23. The quantitative estimate of drug-likeness (QED) is 0.512. The Balaban J connectivity index is 2.88. The van der Waals surface area contributed by atoms with Crippen molar-refractivity contribution in [3.8, 4) is 0 Å². The van der Waals surface area contributed by atoms with Crippen LogP contribution in [-0.4, -0.2) is 0 Å². The zero-order valence-electron chi connectivity index (χ0n) is 5.12. The molecule has 49 valence electrons. The largest absolute Gasteiger partial charge is 0.0831 e. The van der Waals surface area contributed by atoms with E-state index in [9.17, 15) is 0 Å². The van der Waals surface area contributed by atoms with Crippen LogP contribution in [0.15, 0.2) is 21.7 Å². The van der Waals surface area contributed by atoms with E-state index in [-0.39, 0.29) is 0 Å². The third-order valence-electron chi connectivity index (χ3n) is 1.28. The van der Waals surface area contributed by atoms with Crippen molar-refractivity contribution in [2.24, 2.45) is 0 Å². The molecule has 0 fully saturated rings. The Morgan fingerprint density at radius 2 is 2.11 bits per heavy atom. The summed E-state index contributed by atoms with van der Waals surface area (Å²) in [4.78, 5) is 0. The molecule has 0 nitrogen and oxygen atoms in total. The average molecular weight is 162 g/mol. The predicted molar refractivity (Wildman–Crippen MR) is 41.4 cm³/mol. The summed E-state index contributed by atoms with van der Waals surface area (Å²) in [6.07, 6.45) is 4.85. The lowest BCUT2D eigenvalue weighted by Crippen LogP contribution is -1.89. The van der Waals surface area contributed by atoms with Crippen LogP contribution in [0.25, 0.3) is 0 Å². The SMILES string of the molecule is CC1=C(Cl)C(Cl)=CC[CH]1. The van der Waals surface area contributed by atoms with E-state index in [2.05, 4.69) is 0 Å². The van der Waals surface area contributed by atoms with Crippen LogP contribution in [0.4, 0.5) is 0 Å². The third kappa shape index (κ3) is 1.50. The summed E-state index contributed by atoms with van der Waals surface area (Å²) in [5, 5.41) is 1.36. The highest BCUT2D eigenvalue weighted by Gasteiger charge is 2.07. The van der Waals surface area contributed by atoms with Crippen molar-refractivity contribution >= 4 is 23.2 Å². The standard InChI is InChI=1S/C7H7Cl2/c1-5-3-2-4-6(8)7(5)9/h3-4H,2H2,1H3. The molecule has 0 N–H and O–H groups in total. The lowest BCUT2D eigenvalue weighted by molar-refractivity contribution is 1.16. The molecule has 0 aliphatic heterocycles. The maximum absolute atomic E-state index is 5.77. The van der Waals surface area contributed by atoms with Gasteiger partial charge in [0.05, 0.1) is 10.1 Å². The Hall–Kier alpha value is 0.0600. The molecule has 0 unspecified atom stereocenters. The van der Waals surface area contributed by atoms with E-state index >= 15 is 0 Å². The first-order valence-corrected chi connectivity index (χ1v) is 3.53. The van der Waals surface area contributed by atoms with Gasteiger partial charge in [0, 0.05) is 0 Å². The molecule has 0 saturated heterocycles. The van der Waals surface area contributed by atoms with E-state index in [1.807, 2.05) is 19.4 Å². The van der Waals surface area contributed by atoms with Crippen LogP contribution in [0.3, 0.4) is 0 Å². The molecule has 0 bridgehead atoms. The lowest BCUT2D eigenvalue weighted by atomic mass is 10.1. The molecule has 0 heterocycles. The van der Waals surface area contributed by atoms with E-state index in [1.165, 1.54) is 0 Å². The van der Waals surface area contributed by atoms with Crippen LogP contribution in [0.1, 0.15) is 13.3 Å². The molecule has 0 saturated carbocycles. The second-order valence-electron chi connectivity index (χ2n) is 1.99. The van der Waals surface area contributed by atoms with Crippen LogP contribution < -0.4 is 0 Å². The maximum atomic E-state index is 5.77. The van der Waals surface area contributed by atoms with Crippen molar-refractivity contribution in [2.45, 2.75) is 13.3 Å². The zero-order chi connectivity index (χ0) is 6.85. The highest BCUT2D eigenvalue weighted by atomic mass is 35.5. The third-order valence-corrected chi connectivity index (χ3v) is 2.22. The van der Waals surface area contributed by atoms with Crippen molar-refractivity contribution in [2.75, 3.05) is 0 Å². The fraction of sp³-hybridized carbons (Fsp3) is 0.286. The van der Waals surface area contributed by atoms with Gasteiger partial charge in [0.15, 0.2) is 0 Å². The molecule has 0 amide bonds. The van der Waals surface area contributed by atoms with Gasteiger partial charge in [0.2, 0.25) is 0 Å². The van der Waals surface area contributed by atoms with Crippen LogP contribution in [-0.2, 0) is 0 Å². The minimum Gasteiger partial charge on any atom is -0.0831 e. The maximum Gasteiger partial charge on any atom is 0.0581 e. The van der Waals surface area contributed by atoms with Gasteiger partial charge in [0.25, 0.3) is 0 Å². The number of hydrogen-bond donors (Lipinski definition) is 0. The topological polar surface area (TPSA) is 0 Å². The highest BCUT2D eigenvalue weighted by molar-refractivity contribution is 6.44. The van der Waals surface area contributed by atoms with E-state index in [0.29, 0.717) is 10.1 Å². The summed E-state index contributed by atoms with van der Waals surface area (Å²) in [7, 11) is 0. The minimum absolute atomic E-state index is 0.677. The van der Waals surface area contributed by atoms with Gasteiger partial charge in [-0.05, 0) is 25.3 Å². The van der Waals surface area contributed by atoms with E-state index in [1.54, 1.807) is 0 Å². The molecule has 0 atom stereocenters. The van der Waals surface area contributed by atoms with Crippen LogP contribution in [0.5, 0.6) is 0 Å². The van der Waals surface area contributed by atoms with E-state index in [4.69, 9.17) is 23.2 Å². The summed E-state index contributed by atoms with van der Waals surface area (Å²) in [5.74, 6) is 0. The number of allylic oxidation sites excluding steroid dienone is 4. The molecule has 1 aliphatic rings. The van der Waals surface area contributed by atoms with Crippen molar-refractivity contribution in [3.05, 3.63) is 28.1 Å². The smallest absolute Gasteiger partial charge is 0.0581 e. The first-order chi connectivity index (χ1) is 4.22. The van der Waals surface area contributed by atoms with E-state index in [0.717, 1.165) is 12.0 Å². The first-order valence-electron chi connectivity index (χ1n) is 2.77. The minimum atomic E-state index is 0.677. The average Bonchev–Trinajstić information content (AvgIpc) is 1.83. The highest BCUT2D eigenvalue weighted by Crippen LogP contribution is 2.29. The molecular formula is C7H7Cl2. The number of hydrogen-bond acceptors (Lipinski definition) is 0. The van der Waals surface area contributed by atoms with Gasteiger partial charge in [-0.1, -0.05) is 29.3 Å². The number of halogens is 2. The molecule has 0 aromatic heterocycles. The Bertz CT molecular complexity index is 177. The van der Waals surface area contributed by atoms with E-state index < -0.39 is 0 Å². The van der Waals surface area contributed by atoms with Gasteiger partial charge in [-0.15, -0.1) is 0 Å². The molecule has 9 heavy (non-hydrogen) atoms. The monoisotopic (exact) mass is 161 g/mol. The molecule has 0 aromatic carbocycles. The summed E-state index contributed by atoms with van der Waals surface area (Å²) in [6, 6.07) is 0. The Labute approximate surface area is 65.2 Å². The van der Waals surface area contributed by atoms with Crippen LogP contribution in [0.2, 0.25) is 0 Å². The summed E-state index contributed by atoms with van der Waals surface area (Å²) < 4.78 is 0. The van der Waals surface area contributed by atoms with Gasteiger partial charge in [-0.3, -0.25) is 0 Å². The lowest BCUT2D eigenvalue weighted by Gasteiger charge is -2.08. The molecule has 2 heteroatoms. The van der Waals surface area contributed by atoms with Crippen LogP contribution >= 0.6 is 23.2 Å². The first kappa shape index (κ1) is 7.17. The second-order valence-corrected chi connectivity index (χ2v) is 2.77. The molecule has 1 aliphatic carbocycles. The molecule has 1 rings (SSSR count). The summed E-state index contributed by atoms with van der Waals surface area (Å²) in [5.41, 5.74) is 1.07. The van der Waals surface area contributed by atoms with Crippen molar-refractivity contribution in [3.63, 3.8) is 0 Å². The summed E-state index contributed by atoms with van der Waals surface area (Å²) in [6.45, 7) is 1.96. The number of rotatable bonds is 0. The zero-order valence-corrected chi connectivity index (χ0v) is 6.63. The van der Waals surface area contributed by atoms with Gasteiger partial charge < -0.3 is 0 Å². The fourth-order valence-corrected chi connectivity index (χ4v) is 1.10. The molecule has 0 spiro atoms. The van der Waals surface area contributed by atoms with Gasteiger partial charge in [-0.2, -0.15) is 0 Å². The summed E-state index contributed by atoms with van der Waals surface area (Å²) >= 11 is 11.5. The Morgan fingerprint density at radius 1 is 1.44 bits per heavy atom. The van der Waals surface area contributed by atoms with Crippen molar-refractivity contribution in [1.29, 1.82) is 0 Å². The van der Waals surface area contributed by atoms with Gasteiger partial charge in [-0.25, -0.2) is 0 Å². The second kappa shape index (κ2) is 2.76. The Kier molecular flexibility index (Phi) is 2.20. The Morgan fingerprint density at radius 3 is 2.56 bits per heavy atom. The molecule has 1 radical (unpaired) electrons. The van der Waals surface area contributed by atoms with Gasteiger partial charge >= 0.3 is 0 Å². The van der Waals surface area contributed by atoms with Gasteiger partial charge in [0.1, 0.15) is 0 Å². The van der Waals surface area contributed by atoms with Crippen LogP contribution in [0, 0.1) is 6.42 Å². The normalized spacial score (nSPS) is 20.1. The fourth-order valence-electron chi connectivity index (χ4n) is 0.707. The van der Waals surface area contributed by atoms with Crippen molar-refractivity contribution < 1.29 is 0 Å². The van der Waals surface area contributed by atoms with Crippen molar-refractivity contribution in [1.82, 2.24) is 0 Å².